The zero-order valence-corrected chi connectivity index (χ0v) is 11.8. The molecule has 0 fully saturated rings. The van der Waals surface area contributed by atoms with Crippen LogP contribution in [0.4, 0.5) is 4.79 Å². The van der Waals surface area contributed by atoms with Crippen molar-refractivity contribution in [3.05, 3.63) is 0 Å². The average molecular weight is 276 g/mol. The van der Waals surface area contributed by atoms with E-state index in [1.165, 1.54) is 11.9 Å². The first-order chi connectivity index (χ1) is 9.04. The van der Waals surface area contributed by atoms with E-state index in [0.717, 1.165) is 0 Å². The van der Waals surface area contributed by atoms with Crippen molar-refractivity contribution in [2.45, 2.75) is 25.8 Å². The molecule has 0 saturated heterocycles. The van der Waals surface area contributed by atoms with E-state index in [-0.39, 0.29) is 6.03 Å². The van der Waals surface area contributed by atoms with Gasteiger partial charge in [0.05, 0.1) is 13.2 Å². The number of hydrogen-bond donors (Lipinski definition) is 2. The van der Waals surface area contributed by atoms with Gasteiger partial charge in [0.1, 0.15) is 6.04 Å². The molecule has 0 aliphatic heterocycles. The number of carboxylic acid groups (broad SMARTS) is 1. The molecule has 2 N–H and O–H groups in total. The van der Waals surface area contributed by atoms with E-state index >= 15 is 0 Å². The van der Waals surface area contributed by atoms with Gasteiger partial charge in [0.2, 0.25) is 0 Å². The van der Waals surface area contributed by atoms with Crippen molar-refractivity contribution in [3.8, 4) is 0 Å². The number of aliphatic carboxylic acids is 1. The number of likely N-dealkylation sites (N-methyl/N-ethyl adjacent to an activating group) is 1. The standard InChI is InChI=1S/C12H24N2O5/c1-4-10(11(15)16)14(2)12(17)13-6-5-7-19-9-8-18-3/h10H,4-9H2,1-3H3,(H,13,17)(H,15,16). The van der Waals surface area contributed by atoms with Gasteiger partial charge in [0.15, 0.2) is 0 Å². The third-order valence-corrected chi connectivity index (χ3v) is 2.63. The number of carboxylic acids is 1. The van der Waals surface area contributed by atoms with Gasteiger partial charge < -0.3 is 24.8 Å². The second-order valence-corrected chi connectivity index (χ2v) is 4.06. The first-order valence-corrected chi connectivity index (χ1v) is 6.34. The van der Waals surface area contributed by atoms with Gasteiger partial charge in [0, 0.05) is 27.3 Å². The summed E-state index contributed by atoms with van der Waals surface area (Å²) in [5, 5.41) is 11.6. The number of hydrogen-bond acceptors (Lipinski definition) is 4. The van der Waals surface area contributed by atoms with Crippen molar-refractivity contribution < 1.29 is 24.2 Å². The summed E-state index contributed by atoms with van der Waals surface area (Å²) < 4.78 is 10.1. The molecule has 0 rings (SSSR count). The Balaban J connectivity index is 3.76. The average Bonchev–Trinajstić information content (AvgIpc) is 2.37. The molecular formula is C12H24N2O5. The van der Waals surface area contributed by atoms with E-state index in [1.54, 1.807) is 14.0 Å². The van der Waals surface area contributed by atoms with Gasteiger partial charge in [-0.25, -0.2) is 9.59 Å². The molecule has 1 atom stereocenters. The molecule has 0 aromatic carbocycles. The molecule has 0 heterocycles. The Hall–Kier alpha value is -1.34. The Morgan fingerprint density at radius 2 is 2.00 bits per heavy atom. The monoisotopic (exact) mass is 276 g/mol. The number of ether oxygens (including phenoxy) is 2. The zero-order chi connectivity index (χ0) is 14.7. The van der Waals surface area contributed by atoms with Crippen LogP contribution in [0.25, 0.3) is 0 Å². The maximum absolute atomic E-state index is 11.7. The van der Waals surface area contributed by atoms with Crippen LogP contribution in [0.15, 0.2) is 0 Å². The van der Waals surface area contributed by atoms with Crippen molar-refractivity contribution in [2.75, 3.05) is 40.5 Å². The van der Waals surface area contributed by atoms with Crippen LogP contribution in [0, 0.1) is 0 Å². The highest BCUT2D eigenvalue weighted by atomic mass is 16.5. The summed E-state index contributed by atoms with van der Waals surface area (Å²) in [5.74, 6) is -0.997. The summed E-state index contributed by atoms with van der Waals surface area (Å²) >= 11 is 0. The Morgan fingerprint density at radius 3 is 2.53 bits per heavy atom. The van der Waals surface area contributed by atoms with Crippen LogP contribution in [-0.4, -0.2) is 68.6 Å². The number of urea groups is 1. The lowest BCUT2D eigenvalue weighted by Gasteiger charge is -2.23. The largest absolute Gasteiger partial charge is 0.480 e. The molecule has 0 radical (unpaired) electrons. The van der Waals surface area contributed by atoms with E-state index in [9.17, 15) is 9.59 Å². The first-order valence-electron chi connectivity index (χ1n) is 6.34. The molecule has 112 valence electrons. The molecule has 7 heteroatoms. The lowest BCUT2D eigenvalue weighted by Crippen LogP contribution is -2.47. The highest BCUT2D eigenvalue weighted by molar-refractivity contribution is 5.82. The van der Waals surface area contributed by atoms with Crippen LogP contribution in [0.1, 0.15) is 19.8 Å². The molecule has 19 heavy (non-hydrogen) atoms. The minimum absolute atomic E-state index is 0.374. The normalized spacial score (nSPS) is 11.9. The predicted octanol–water partition coefficient (Wildman–Crippen LogP) is 0.544. The molecule has 7 nitrogen and oxygen atoms in total. The fourth-order valence-corrected chi connectivity index (χ4v) is 1.49. The Kier molecular flexibility index (Phi) is 9.82. The third-order valence-electron chi connectivity index (χ3n) is 2.63. The summed E-state index contributed by atoms with van der Waals surface area (Å²) in [6.45, 7) is 3.79. The first kappa shape index (κ1) is 17.7. The Bertz CT molecular complexity index is 273. The van der Waals surface area contributed by atoms with Gasteiger partial charge in [-0.15, -0.1) is 0 Å². The van der Waals surface area contributed by atoms with Crippen molar-refractivity contribution in [2.24, 2.45) is 0 Å². The smallest absolute Gasteiger partial charge is 0.326 e. The number of methoxy groups -OCH3 is 1. The maximum atomic E-state index is 11.7. The van der Waals surface area contributed by atoms with E-state index in [2.05, 4.69) is 5.32 Å². The summed E-state index contributed by atoms with van der Waals surface area (Å²) in [7, 11) is 3.08. The summed E-state index contributed by atoms with van der Waals surface area (Å²) in [6.07, 6.45) is 1.05. The second-order valence-electron chi connectivity index (χ2n) is 4.06. The predicted molar refractivity (Wildman–Crippen MR) is 70.2 cm³/mol. The molecular weight excluding hydrogens is 252 g/mol. The summed E-state index contributed by atoms with van der Waals surface area (Å²) in [5.41, 5.74) is 0. The highest BCUT2D eigenvalue weighted by Crippen LogP contribution is 2.02. The third kappa shape index (κ3) is 7.63. The second kappa shape index (κ2) is 10.6. The van der Waals surface area contributed by atoms with Gasteiger partial charge in [-0.2, -0.15) is 0 Å². The zero-order valence-electron chi connectivity index (χ0n) is 11.8. The number of rotatable bonds is 10. The summed E-state index contributed by atoms with van der Waals surface area (Å²) in [6, 6.07) is -1.18. The van der Waals surface area contributed by atoms with Gasteiger partial charge in [-0.3, -0.25) is 0 Å². The minimum Gasteiger partial charge on any atom is -0.480 e. The number of carbonyl (C=O) groups excluding carboxylic acids is 1. The molecule has 1 unspecified atom stereocenters. The lowest BCUT2D eigenvalue weighted by atomic mass is 10.2. The maximum Gasteiger partial charge on any atom is 0.326 e. The van der Waals surface area contributed by atoms with Crippen molar-refractivity contribution in [1.29, 1.82) is 0 Å². The fraction of sp³-hybridized carbons (Fsp3) is 0.833. The van der Waals surface area contributed by atoms with Crippen LogP contribution < -0.4 is 5.32 Å². The molecule has 0 aromatic heterocycles. The van der Waals surface area contributed by atoms with Crippen LogP contribution in [0.5, 0.6) is 0 Å². The van der Waals surface area contributed by atoms with Crippen molar-refractivity contribution in [1.82, 2.24) is 10.2 Å². The lowest BCUT2D eigenvalue weighted by molar-refractivity contribution is -0.141. The van der Waals surface area contributed by atoms with Gasteiger partial charge in [-0.05, 0) is 12.8 Å². The molecule has 0 saturated carbocycles. The summed E-state index contributed by atoms with van der Waals surface area (Å²) in [4.78, 5) is 23.8. The molecule has 0 bridgehead atoms. The SMILES string of the molecule is CCC(C(=O)O)N(C)C(=O)NCCCOCCOC. The van der Waals surface area contributed by atoms with Crippen LogP contribution in [-0.2, 0) is 14.3 Å². The molecule has 0 aromatic rings. The van der Waals surface area contributed by atoms with Crippen LogP contribution >= 0.6 is 0 Å². The van der Waals surface area contributed by atoms with Gasteiger partial charge in [-0.1, -0.05) is 6.92 Å². The number of nitrogens with zero attached hydrogens (tertiary/aromatic N) is 1. The van der Waals surface area contributed by atoms with Crippen molar-refractivity contribution >= 4 is 12.0 Å². The van der Waals surface area contributed by atoms with Crippen LogP contribution in [0.2, 0.25) is 0 Å². The van der Waals surface area contributed by atoms with Crippen LogP contribution in [0.3, 0.4) is 0 Å². The fourth-order valence-electron chi connectivity index (χ4n) is 1.49. The molecule has 0 spiro atoms. The van der Waals surface area contributed by atoms with E-state index < -0.39 is 12.0 Å². The highest BCUT2D eigenvalue weighted by Gasteiger charge is 2.24. The van der Waals surface area contributed by atoms with E-state index in [1.807, 2.05) is 0 Å². The number of amides is 2. The number of carbonyl (C=O) groups is 2. The molecule has 0 aliphatic rings. The van der Waals surface area contributed by atoms with E-state index in [0.29, 0.717) is 39.2 Å². The molecule has 2 amide bonds. The van der Waals surface area contributed by atoms with Gasteiger partial charge >= 0.3 is 12.0 Å². The Labute approximate surface area is 113 Å². The van der Waals surface area contributed by atoms with Gasteiger partial charge in [0.25, 0.3) is 0 Å². The quantitative estimate of drug-likeness (QED) is 0.569. The van der Waals surface area contributed by atoms with Crippen molar-refractivity contribution in [3.63, 3.8) is 0 Å². The Morgan fingerprint density at radius 1 is 1.32 bits per heavy atom. The number of nitrogens with one attached hydrogen (secondary N) is 1. The molecule has 0 aliphatic carbocycles. The topological polar surface area (TPSA) is 88.1 Å². The van der Waals surface area contributed by atoms with E-state index in [4.69, 9.17) is 14.6 Å². The minimum atomic E-state index is -0.997.